The highest BCUT2D eigenvalue weighted by Crippen LogP contribution is 2.27. The summed E-state index contributed by atoms with van der Waals surface area (Å²) in [6.45, 7) is 1.78. The van der Waals surface area contributed by atoms with E-state index in [9.17, 15) is 15.3 Å². The molecule has 0 radical (unpaired) electrons. The Morgan fingerprint density at radius 2 is 1.48 bits per heavy atom. The van der Waals surface area contributed by atoms with Crippen molar-refractivity contribution in [2.45, 2.75) is 50.4 Å². The highest BCUT2D eigenvalue weighted by atomic mass is 28.4. The lowest BCUT2D eigenvalue weighted by Crippen LogP contribution is -2.63. The van der Waals surface area contributed by atoms with Gasteiger partial charge in [0.25, 0.3) is 8.32 Å². The Bertz CT molecular complexity index is 657. The molecule has 0 bridgehead atoms. The lowest BCUT2D eigenvalue weighted by atomic mass is 10.1. The highest BCUT2D eigenvalue weighted by molar-refractivity contribution is 6.97. The van der Waals surface area contributed by atoms with Gasteiger partial charge in [0.1, 0.15) is 18.3 Å². The molecule has 0 spiro atoms. The second-order valence-electron chi connectivity index (χ2n) is 6.99. The Morgan fingerprint density at radius 1 is 0.926 bits per heavy atom. The number of aliphatic hydroxyl groups is 3. The average molecular weight is 389 g/mol. The lowest BCUT2D eigenvalue weighted by Gasteiger charge is -2.35. The number of unbranched alkanes of at least 4 members (excludes halogenated alkanes) is 1. The monoisotopic (exact) mass is 388 g/mol. The molecule has 1 aliphatic rings. The minimum atomic E-state index is -2.73. The molecule has 1 saturated heterocycles. The summed E-state index contributed by atoms with van der Waals surface area (Å²) in [4.78, 5) is 0. The van der Waals surface area contributed by atoms with Crippen molar-refractivity contribution < 1.29 is 24.5 Å². The minimum absolute atomic E-state index is 0.363. The zero-order valence-electron chi connectivity index (χ0n) is 15.6. The van der Waals surface area contributed by atoms with Crippen molar-refractivity contribution in [2.24, 2.45) is 0 Å². The molecule has 0 saturated carbocycles. The van der Waals surface area contributed by atoms with E-state index in [-0.39, 0.29) is 6.61 Å². The van der Waals surface area contributed by atoms with Gasteiger partial charge in [-0.3, -0.25) is 0 Å². The van der Waals surface area contributed by atoms with Crippen LogP contribution in [0.4, 0.5) is 0 Å². The summed E-state index contributed by atoms with van der Waals surface area (Å²) in [7, 11) is -2.73. The fourth-order valence-corrected chi connectivity index (χ4v) is 7.86. The first kappa shape index (κ1) is 20.2. The first-order chi connectivity index (χ1) is 13.1. The van der Waals surface area contributed by atoms with E-state index in [1.807, 2.05) is 36.4 Å². The Hall–Kier alpha value is -1.54. The van der Waals surface area contributed by atoms with Crippen LogP contribution in [0.25, 0.3) is 0 Å². The highest BCUT2D eigenvalue weighted by Gasteiger charge is 2.49. The summed E-state index contributed by atoms with van der Waals surface area (Å²) in [5.74, 6) is 0. The maximum absolute atomic E-state index is 10.5. The predicted octanol–water partition coefficient (Wildman–Crippen LogP) is 1.00. The third-order valence-electron chi connectivity index (χ3n) is 5.18. The van der Waals surface area contributed by atoms with Crippen LogP contribution in [0, 0.1) is 0 Å². The molecule has 2 aromatic rings. The van der Waals surface area contributed by atoms with Crippen molar-refractivity contribution >= 4 is 18.7 Å². The molecule has 2 aromatic carbocycles. The van der Waals surface area contributed by atoms with Gasteiger partial charge in [0.05, 0.1) is 6.61 Å². The van der Waals surface area contributed by atoms with E-state index in [0.29, 0.717) is 0 Å². The summed E-state index contributed by atoms with van der Waals surface area (Å²) >= 11 is 0. The third-order valence-corrected chi connectivity index (χ3v) is 9.40. The molecule has 0 amide bonds. The van der Waals surface area contributed by atoms with Crippen LogP contribution in [-0.4, -0.2) is 54.8 Å². The Morgan fingerprint density at radius 3 is 1.93 bits per heavy atom. The van der Waals surface area contributed by atoms with Gasteiger partial charge in [-0.05, 0) is 16.4 Å². The molecule has 5 nitrogen and oxygen atoms in total. The summed E-state index contributed by atoms with van der Waals surface area (Å²) in [5, 5.41) is 32.2. The number of hydrogen-bond acceptors (Lipinski definition) is 5. The number of ether oxygens (including phenoxy) is 1. The van der Waals surface area contributed by atoms with Crippen LogP contribution >= 0.6 is 0 Å². The standard InChI is InChI=1S/C21H28O5Si/c1-2-3-14-27(16-10-6-4-7-11-16,17-12-8-5-9-13-17)26-21-20(24)19(23)18(15-22)25-21/h4-13,18-24H,2-3,14-15H2,1H3/t18-,19-,20-,21-/m1/s1. The van der Waals surface area contributed by atoms with E-state index in [2.05, 4.69) is 31.2 Å². The van der Waals surface area contributed by atoms with Gasteiger partial charge in [0.15, 0.2) is 6.29 Å². The average Bonchev–Trinajstić information content (AvgIpc) is 3.00. The van der Waals surface area contributed by atoms with Gasteiger partial charge >= 0.3 is 0 Å². The van der Waals surface area contributed by atoms with Crippen molar-refractivity contribution in [1.29, 1.82) is 0 Å². The molecule has 1 heterocycles. The molecule has 3 N–H and O–H groups in total. The molecule has 0 unspecified atom stereocenters. The van der Waals surface area contributed by atoms with Gasteiger partial charge in [0.2, 0.25) is 0 Å². The predicted molar refractivity (Wildman–Crippen MR) is 106 cm³/mol. The molecule has 1 aliphatic heterocycles. The Balaban J connectivity index is 2.03. The second-order valence-corrected chi connectivity index (χ2v) is 10.5. The van der Waals surface area contributed by atoms with Gasteiger partial charge in [-0.25, -0.2) is 0 Å². The largest absolute Gasteiger partial charge is 0.394 e. The van der Waals surface area contributed by atoms with Gasteiger partial charge in [0, 0.05) is 0 Å². The second kappa shape index (κ2) is 9.10. The smallest absolute Gasteiger partial charge is 0.259 e. The summed E-state index contributed by atoms with van der Waals surface area (Å²) in [6, 6.07) is 21.0. The zero-order valence-corrected chi connectivity index (χ0v) is 16.6. The van der Waals surface area contributed by atoms with Crippen molar-refractivity contribution in [3.05, 3.63) is 60.7 Å². The molecule has 1 fully saturated rings. The normalized spacial score (nSPS) is 25.6. The molecule has 27 heavy (non-hydrogen) atoms. The Kier molecular flexibility index (Phi) is 6.81. The molecule has 3 rings (SSSR count). The van der Waals surface area contributed by atoms with Crippen molar-refractivity contribution in [2.75, 3.05) is 6.61 Å². The lowest BCUT2D eigenvalue weighted by molar-refractivity contribution is -0.120. The Labute approximate surface area is 161 Å². The van der Waals surface area contributed by atoms with Crippen molar-refractivity contribution in [3.8, 4) is 0 Å². The maximum Gasteiger partial charge on any atom is 0.259 e. The summed E-state index contributed by atoms with van der Waals surface area (Å²) < 4.78 is 12.3. The van der Waals surface area contributed by atoms with E-state index in [0.717, 1.165) is 29.3 Å². The third kappa shape index (κ3) is 4.16. The van der Waals surface area contributed by atoms with E-state index < -0.39 is 32.9 Å². The quantitative estimate of drug-likeness (QED) is 0.588. The van der Waals surface area contributed by atoms with Crippen molar-refractivity contribution in [3.63, 3.8) is 0 Å². The van der Waals surface area contributed by atoms with Gasteiger partial charge in [-0.1, -0.05) is 80.4 Å². The van der Waals surface area contributed by atoms with E-state index >= 15 is 0 Å². The van der Waals surface area contributed by atoms with Crippen molar-refractivity contribution in [1.82, 2.24) is 0 Å². The topological polar surface area (TPSA) is 79.2 Å². The first-order valence-electron chi connectivity index (χ1n) is 9.53. The SMILES string of the molecule is CCCC[Si](O[C@H]1O[C@H](CO)[C@@H](O)[C@H]1O)(c1ccccc1)c1ccccc1. The van der Waals surface area contributed by atoms with Crippen LogP contribution < -0.4 is 10.4 Å². The number of hydrogen-bond donors (Lipinski definition) is 3. The van der Waals surface area contributed by atoms with Crippen LogP contribution in [-0.2, 0) is 9.16 Å². The zero-order chi connectivity index (χ0) is 19.3. The fraction of sp³-hybridized carbons (Fsp3) is 0.429. The van der Waals surface area contributed by atoms with Gasteiger partial charge in [-0.15, -0.1) is 0 Å². The van der Waals surface area contributed by atoms with Crippen LogP contribution in [0.5, 0.6) is 0 Å². The summed E-state index contributed by atoms with van der Waals surface area (Å²) in [5.41, 5.74) is 0. The number of benzene rings is 2. The molecular formula is C21H28O5Si. The van der Waals surface area contributed by atoms with Gasteiger partial charge < -0.3 is 24.5 Å². The summed E-state index contributed by atoms with van der Waals surface area (Å²) in [6.07, 6.45) is -2.17. The minimum Gasteiger partial charge on any atom is -0.394 e. The molecule has 146 valence electrons. The fourth-order valence-electron chi connectivity index (χ4n) is 3.65. The van der Waals surface area contributed by atoms with E-state index in [1.165, 1.54) is 0 Å². The van der Waals surface area contributed by atoms with Crippen LogP contribution in [0.2, 0.25) is 6.04 Å². The molecule has 0 aromatic heterocycles. The van der Waals surface area contributed by atoms with Crippen LogP contribution in [0.15, 0.2) is 60.7 Å². The van der Waals surface area contributed by atoms with E-state index in [1.54, 1.807) is 0 Å². The first-order valence-corrected chi connectivity index (χ1v) is 11.6. The van der Waals surface area contributed by atoms with Crippen LogP contribution in [0.3, 0.4) is 0 Å². The number of aliphatic hydroxyl groups excluding tert-OH is 3. The maximum atomic E-state index is 10.5. The van der Waals surface area contributed by atoms with Crippen LogP contribution in [0.1, 0.15) is 19.8 Å². The number of rotatable bonds is 8. The molecular weight excluding hydrogens is 360 g/mol. The molecule has 4 atom stereocenters. The van der Waals surface area contributed by atoms with E-state index in [4.69, 9.17) is 9.16 Å². The molecule has 0 aliphatic carbocycles. The van der Waals surface area contributed by atoms with Gasteiger partial charge in [-0.2, -0.15) is 0 Å². The molecule has 6 heteroatoms.